The Bertz CT molecular complexity index is 394. The summed E-state index contributed by atoms with van der Waals surface area (Å²) >= 11 is 1.98. The summed E-state index contributed by atoms with van der Waals surface area (Å²) in [5, 5.41) is 3.55. The van der Waals surface area contributed by atoms with Crippen LogP contribution < -0.4 is 5.32 Å². The Hall–Kier alpha value is -0.910. The van der Waals surface area contributed by atoms with E-state index in [0.717, 1.165) is 17.9 Å². The van der Waals surface area contributed by atoms with Crippen LogP contribution in [0.15, 0.2) is 24.3 Å². The largest absolute Gasteiger partial charge is 0.296 e. The number of rotatable bonds is 3. The van der Waals surface area contributed by atoms with Gasteiger partial charge in [0.25, 0.3) is 0 Å². The lowest BCUT2D eigenvalue weighted by Gasteiger charge is -2.28. The van der Waals surface area contributed by atoms with Crippen LogP contribution in [0, 0.1) is 12.3 Å². The normalized spacial score (nSPS) is 20.9. The molecule has 84 valence electrons. The molecule has 0 radical (unpaired) electrons. The monoisotopic (exact) mass is 231 g/mol. The summed E-state index contributed by atoms with van der Waals surface area (Å²) in [5.41, 5.74) is 2.87. The first-order valence-corrected chi connectivity index (χ1v) is 6.88. The van der Waals surface area contributed by atoms with Crippen molar-refractivity contribution in [2.75, 3.05) is 5.75 Å². The molecule has 1 aromatic rings. The number of nitrogens with one attached hydrogen (secondary N) is 1. The van der Waals surface area contributed by atoms with E-state index in [9.17, 15) is 0 Å². The SMILES string of the molecule is C#CC(CC)NC1CSCc2ccccc21. The van der Waals surface area contributed by atoms with E-state index in [1.807, 2.05) is 11.8 Å². The standard InChI is InChI=1S/C14H17NS/c1-3-12(4-2)15-14-10-16-9-11-7-5-6-8-13(11)14/h1,5-8,12,14-15H,4,9-10H2,2H3. The first-order chi connectivity index (χ1) is 7.85. The van der Waals surface area contributed by atoms with Gasteiger partial charge in [0.2, 0.25) is 0 Å². The minimum atomic E-state index is 0.191. The van der Waals surface area contributed by atoms with Gasteiger partial charge in [-0.05, 0) is 17.5 Å². The van der Waals surface area contributed by atoms with Gasteiger partial charge in [-0.1, -0.05) is 37.1 Å². The third-order valence-corrected chi connectivity index (χ3v) is 4.07. The second-order valence-electron chi connectivity index (χ2n) is 4.06. The minimum absolute atomic E-state index is 0.191. The van der Waals surface area contributed by atoms with Gasteiger partial charge in [0.1, 0.15) is 0 Å². The van der Waals surface area contributed by atoms with Gasteiger partial charge in [-0.15, -0.1) is 6.42 Å². The van der Waals surface area contributed by atoms with Gasteiger partial charge >= 0.3 is 0 Å². The van der Waals surface area contributed by atoms with Gasteiger partial charge in [0.15, 0.2) is 0 Å². The van der Waals surface area contributed by atoms with Crippen LogP contribution in [0.4, 0.5) is 0 Å². The fraction of sp³-hybridized carbons (Fsp3) is 0.429. The van der Waals surface area contributed by atoms with E-state index >= 15 is 0 Å². The van der Waals surface area contributed by atoms with Crippen molar-refractivity contribution in [1.82, 2.24) is 5.32 Å². The van der Waals surface area contributed by atoms with E-state index in [-0.39, 0.29) is 6.04 Å². The lowest BCUT2D eigenvalue weighted by molar-refractivity contribution is 0.513. The summed E-state index contributed by atoms with van der Waals surface area (Å²) in [6, 6.07) is 9.26. The molecule has 16 heavy (non-hydrogen) atoms. The van der Waals surface area contributed by atoms with E-state index in [2.05, 4.69) is 42.4 Å². The van der Waals surface area contributed by atoms with Crippen molar-refractivity contribution < 1.29 is 0 Å². The summed E-state index contributed by atoms with van der Waals surface area (Å²) in [7, 11) is 0. The molecule has 1 aliphatic rings. The molecule has 0 saturated carbocycles. The maximum absolute atomic E-state index is 5.50. The molecule has 2 unspecified atom stereocenters. The zero-order valence-corrected chi connectivity index (χ0v) is 10.4. The summed E-state index contributed by atoms with van der Waals surface area (Å²) in [4.78, 5) is 0. The highest BCUT2D eigenvalue weighted by Crippen LogP contribution is 2.31. The van der Waals surface area contributed by atoms with E-state index in [0.29, 0.717) is 6.04 Å². The fourth-order valence-corrected chi connectivity index (χ4v) is 3.16. The van der Waals surface area contributed by atoms with Gasteiger partial charge in [-0.2, -0.15) is 11.8 Å². The molecule has 0 fully saturated rings. The van der Waals surface area contributed by atoms with Crippen LogP contribution in [0.3, 0.4) is 0 Å². The Labute approximate surface area is 102 Å². The molecule has 1 aromatic carbocycles. The molecule has 0 aromatic heterocycles. The lowest BCUT2D eigenvalue weighted by atomic mass is 10.0. The molecule has 0 bridgehead atoms. The highest BCUT2D eigenvalue weighted by molar-refractivity contribution is 7.98. The first-order valence-electron chi connectivity index (χ1n) is 5.73. The third kappa shape index (κ3) is 2.42. The van der Waals surface area contributed by atoms with Crippen LogP contribution in [-0.4, -0.2) is 11.8 Å². The van der Waals surface area contributed by atoms with Crippen molar-refractivity contribution in [1.29, 1.82) is 0 Å². The van der Waals surface area contributed by atoms with Gasteiger partial charge < -0.3 is 0 Å². The van der Waals surface area contributed by atoms with Crippen molar-refractivity contribution in [3.8, 4) is 12.3 Å². The Morgan fingerprint density at radius 3 is 3.12 bits per heavy atom. The Kier molecular flexibility index (Phi) is 3.93. The van der Waals surface area contributed by atoms with Crippen LogP contribution >= 0.6 is 11.8 Å². The van der Waals surface area contributed by atoms with E-state index in [1.54, 1.807) is 0 Å². The van der Waals surface area contributed by atoms with Crippen molar-refractivity contribution in [3.63, 3.8) is 0 Å². The van der Waals surface area contributed by atoms with Gasteiger partial charge in [-0.25, -0.2) is 0 Å². The second kappa shape index (κ2) is 5.43. The number of hydrogen-bond donors (Lipinski definition) is 1. The van der Waals surface area contributed by atoms with Crippen LogP contribution in [0.1, 0.15) is 30.5 Å². The van der Waals surface area contributed by atoms with Gasteiger partial charge in [0.05, 0.1) is 6.04 Å². The lowest BCUT2D eigenvalue weighted by Crippen LogP contribution is -2.34. The smallest absolute Gasteiger partial charge is 0.0689 e. The average molecular weight is 231 g/mol. The molecule has 0 saturated heterocycles. The molecule has 0 spiro atoms. The minimum Gasteiger partial charge on any atom is -0.296 e. The maximum atomic E-state index is 5.50. The molecule has 2 heteroatoms. The van der Waals surface area contributed by atoms with E-state index < -0.39 is 0 Å². The number of terminal acetylenes is 1. The first kappa shape index (κ1) is 11.6. The second-order valence-corrected chi connectivity index (χ2v) is 5.09. The predicted octanol–water partition coefficient (Wildman–Crippen LogP) is 2.98. The highest BCUT2D eigenvalue weighted by atomic mass is 32.2. The maximum Gasteiger partial charge on any atom is 0.0689 e. The van der Waals surface area contributed by atoms with Crippen LogP contribution in [-0.2, 0) is 5.75 Å². The molecule has 0 aliphatic carbocycles. The number of fused-ring (bicyclic) bond motifs is 1. The molecule has 1 heterocycles. The molecule has 2 atom stereocenters. The molecule has 1 N–H and O–H groups in total. The highest BCUT2D eigenvalue weighted by Gasteiger charge is 2.21. The summed E-state index contributed by atoms with van der Waals surface area (Å²) in [6.07, 6.45) is 6.49. The number of hydrogen-bond acceptors (Lipinski definition) is 2. The van der Waals surface area contributed by atoms with Crippen molar-refractivity contribution in [2.45, 2.75) is 31.2 Å². The van der Waals surface area contributed by atoms with Crippen molar-refractivity contribution in [2.24, 2.45) is 0 Å². The molecular weight excluding hydrogens is 214 g/mol. The molecule has 2 rings (SSSR count). The molecule has 1 aliphatic heterocycles. The zero-order chi connectivity index (χ0) is 11.4. The topological polar surface area (TPSA) is 12.0 Å². The molecule has 0 amide bonds. The van der Waals surface area contributed by atoms with Crippen molar-refractivity contribution in [3.05, 3.63) is 35.4 Å². The van der Waals surface area contributed by atoms with Crippen LogP contribution in [0.25, 0.3) is 0 Å². The Balaban J connectivity index is 2.16. The average Bonchev–Trinajstić information content (AvgIpc) is 2.36. The quantitative estimate of drug-likeness (QED) is 0.803. The molecular formula is C14H17NS. The van der Waals surface area contributed by atoms with Crippen LogP contribution in [0.5, 0.6) is 0 Å². The fourth-order valence-electron chi connectivity index (χ4n) is 2.05. The van der Waals surface area contributed by atoms with E-state index in [1.165, 1.54) is 11.1 Å². The van der Waals surface area contributed by atoms with Crippen molar-refractivity contribution >= 4 is 11.8 Å². The summed E-state index contributed by atoms with van der Waals surface area (Å²) < 4.78 is 0. The van der Waals surface area contributed by atoms with Gasteiger partial charge in [0, 0.05) is 17.5 Å². The van der Waals surface area contributed by atoms with Crippen LogP contribution in [0.2, 0.25) is 0 Å². The zero-order valence-electron chi connectivity index (χ0n) is 9.57. The number of benzene rings is 1. The van der Waals surface area contributed by atoms with Gasteiger partial charge in [-0.3, -0.25) is 5.32 Å². The van der Waals surface area contributed by atoms with E-state index in [4.69, 9.17) is 6.42 Å². The summed E-state index contributed by atoms with van der Waals surface area (Å²) in [6.45, 7) is 2.12. The third-order valence-electron chi connectivity index (χ3n) is 2.98. The Morgan fingerprint density at radius 2 is 2.38 bits per heavy atom. The number of thioether (sulfide) groups is 1. The summed E-state index contributed by atoms with van der Waals surface area (Å²) in [5.74, 6) is 5.06. The predicted molar refractivity (Wildman–Crippen MR) is 71.4 cm³/mol. The molecule has 1 nitrogen and oxygen atoms in total. The Morgan fingerprint density at radius 1 is 1.56 bits per heavy atom.